The van der Waals surface area contributed by atoms with Crippen molar-refractivity contribution in [1.82, 2.24) is 14.9 Å². The Bertz CT molecular complexity index is 700. The number of hydrogen-bond acceptors (Lipinski definition) is 4. The van der Waals surface area contributed by atoms with E-state index in [2.05, 4.69) is 20.2 Å². The van der Waals surface area contributed by atoms with Gasteiger partial charge in [-0.15, -0.1) is 0 Å². The summed E-state index contributed by atoms with van der Waals surface area (Å²) in [6, 6.07) is 1.89. The van der Waals surface area contributed by atoms with Gasteiger partial charge in [0.25, 0.3) is 0 Å². The number of H-pyrrole nitrogens is 1. The first-order valence-electron chi connectivity index (χ1n) is 8.69. The molecule has 1 aliphatic carbocycles. The number of nitrogens with two attached hydrogens (primary N) is 1. The van der Waals surface area contributed by atoms with Crippen LogP contribution in [-0.2, 0) is 11.3 Å². The minimum absolute atomic E-state index is 0.0901. The van der Waals surface area contributed by atoms with E-state index in [9.17, 15) is 4.79 Å². The van der Waals surface area contributed by atoms with Gasteiger partial charge in [0.15, 0.2) is 0 Å². The summed E-state index contributed by atoms with van der Waals surface area (Å²) in [4.78, 5) is 22.4. The van der Waals surface area contributed by atoms with Crippen LogP contribution in [0.2, 0.25) is 0 Å². The molecule has 2 aromatic rings. The third kappa shape index (κ3) is 3.60. The Morgan fingerprint density at radius 3 is 2.79 bits per heavy atom. The predicted molar refractivity (Wildman–Crippen MR) is 96.6 cm³/mol. The van der Waals surface area contributed by atoms with Gasteiger partial charge in [0.1, 0.15) is 5.65 Å². The van der Waals surface area contributed by atoms with E-state index in [4.69, 9.17) is 5.73 Å². The standard InChI is InChI=1S/C18H27N5O/c1-23(2)11-14-10-21-17-16(14)15(7-8-20-17)22-18(24)13-5-3-12(9-19)4-6-13/h7-8,10,12-13H,3-6,9,11,19H2,1-2H3,(H2,20,21,22,24). The number of nitrogens with one attached hydrogen (secondary N) is 2. The Labute approximate surface area is 142 Å². The van der Waals surface area contributed by atoms with Crippen LogP contribution in [0.15, 0.2) is 18.5 Å². The summed E-state index contributed by atoms with van der Waals surface area (Å²) in [7, 11) is 4.06. The number of carbonyl (C=O) groups excluding carboxylic acids is 1. The molecule has 0 unspecified atom stereocenters. The van der Waals surface area contributed by atoms with Crippen LogP contribution in [0, 0.1) is 11.8 Å². The summed E-state index contributed by atoms with van der Waals surface area (Å²) >= 11 is 0. The molecule has 6 heteroatoms. The van der Waals surface area contributed by atoms with Gasteiger partial charge in [0, 0.05) is 30.2 Å². The first kappa shape index (κ1) is 16.9. The molecule has 0 aromatic carbocycles. The van der Waals surface area contributed by atoms with Crippen LogP contribution in [0.5, 0.6) is 0 Å². The van der Waals surface area contributed by atoms with Crippen molar-refractivity contribution < 1.29 is 4.79 Å². The zero-order valence-electron chi connectivity index (χ0n) is 14.5. The lowest BCUT2D eigenvalue weighted by atomic mass is 9.81. The third-order valence-electron chi connectivity index (χ3n) is 4.95. The maximum Gasteiger partial charge on any atom is 0.227 e. The summed E-state index contributed by atoms with van der Waals surface area (Å²) in [5, 5.41) is 4.15. The normalized spacial score (nSPS) is 21.3. The maximum atomic E-state index is 12.7. The molecule has 4 N–H and O–H groups in total. The van der Waals surface area contributed by atoms with Gasteiger partial charge < -0.3 is 20.9 Å². The van der Waals surface area contributed by atoms with Crippen molar-refractivity contribution >= 4 is 22.6 Å². The number of pyridine rings is 1. The summed E-state index contributed by atoms with van der Waals surface area (Å²) in [6.07, 6.45) is 7.67. The van der Waals surface area contributed by atoms with Crippen molar-refractivity contribution in [3.63, 3.8) is 0 Å². The van der Waals surface area contributed by atoms with Crippen molar-refractivity contribution in [2.24, 2.45) is 17.6 Å². The Hall–Kier alpha value is -1.92. The lowest BCUT2D eigenvalue weighted by Crippen LogP contribution is -2.29. The highest BCUT2D eigenvalue weighted by atomic mass is 16.1. The molecule has 3 rings (SSSR count). The van der Waals surface area contributed by atoms with E-state index < -0.39 is 0 Å². The average Bonchev–Trinajstić information content (AvgIpc) is 2.98. The molecular weight excluding hydrogens is 302 g/mol. The van der Waals surface area contributed by atoms with Crippen LogP contribution >= 0.6 is 0 Å². The first-order valence-corrected chi connectivity index (χ1v) is 8.69. The second-order valence-corrected chi connectivity index (χ2v) is 7.08. The van der Waals surface area contributed by atoms with E-state index >= 15 is 0 Å². The highest BCUT2D eigenvalue weighted by molar-refractivity contribution is 6.02. The molecule has 0 radical (unpaired) electrons. The van der Waals surface area contributed by atoms with Gasteiger partial charge in [-0.25, -0.2) is 4.98 Å². The lowest BCUT2D eigenvalue weighted by Gasteiger charge is -2.26. The quantitative estimate of drug-likeness (QED) is 0.786. The van der Waals surface area contributed by atoms with Crippen LogP contribution < -0.4 is 11.1 Å². The Kier molecular flexibility index (Phi) is 5.16. The van der Waals surface area contributed by atoms with Gasteiger partial charge in [-0.2, -0.15) is 0 Å². The number of aromatic amines is 1. The SMILES string of the molecule is CN(C)Cc1c[nH]c2nccc(NC(=O)C3CCC(CN)CC3)c12. The molecule has 0 aliphatic heterocycles. The highest BCUT2D eigenvalue weighted by Gasteiger charge is 2.26. The van der Waals surface area contributed by atoms with Gasteiger partial charge in [0.05, 0.1) is 5.69 Å². The first-order chi connectivity index (χ1) is 11.6. The van der Waals surface area contributed by atoms with E-state index in [-0.39, 0.29) is 11.8 Å². The molecule has 0 atom stereocenters. The number of carbonyl (C=O) groups is 1. The fourth-order valence-corrected chi connectivity index (χ4v) is 3.59. The van der Waals surface area contributed by atoms with Crippen LogP contribution in [-0.4, -0.2) is 41.4 Å². The van der Waals surface area contributed by atoms with Crippen LogP contribution in [0.1, 0.15) is 31.2 Å². The van der Waals surface area contributed by atoms with E-state index in [0.717, 1.165) is 61.1 Å². The molecule has 0 bridgehead atoms. The maximum absolute atomic E-state index is 12.7. The number of nitrogens with zero attached hydrogens (tertiary/aromatic N) is 2. The average molecular weight is 329 g/mol. The number of rotatable bonds is 5. The van der Waals surface area contributed by atoms with Gasteiger partial charge >= 0.3 is 0 Å². The van der Waals surface area contributed by atoms with Gasteiger partial charge in [0.2, 0.25) is 5.91 Å². The van der Waals surface area contributed by atoms with E-state index in [1.54, 1.807) is 6.20 Å². The molecule has 2 aromatic heterocycles. The number of anilines is 1. The molecule has 0 spiro atoms. The second kappa shape index (κ2) is 7.32. The monoisotopic (exact) mass is 329 g/mol. The van der Waals surface area contributed by atoms with Crippen molar-refractivity contribution in [1.29, 1.82) is 0 Å². The van der Waals surface area contributed by atoms with Crippen LogP contribution in [0.3, 0.4) is 0 Å². The highest BCUT2D eigenvalue weighted by Crippen LogP contribution is 2.31. The molecule has 2 heterocycles. The van der Waals surface area contributed by atoms with Crippen LogP contribution in [0.25, 0.3) is 11.0 Å². The Morgan fingerprint density at radius 1 is 1.38 bits per heavy atom. The number of fused-ring (bicyclic) bond motifs is 1. The zero-order chi connectivity index (χ0) is 17.1. The lowest BCUT2D eigenvalue weighted by molar-refractivity contribution is -0.121. The molecule has 1 aliphatic rings. The predicted octanol–water partition coefficient (Wildman–Crippen LogP) is 2.33. The van der Waals surface area contributed by atoms with Crippen molar-refractivity contribution in [3.05, 3.63) is 24.0 Å². The topological polar surface area (TPSA) is 87.0 Å². The van der Waals surface area contributed by atoms with E-state index in [1.807, 2.05) is 26.4 Å². The smallest absolute Gasteiger partial charge is 0.227 e. The molecule has 6 nitrogen and oxygen atoms in total. The van der Waals surface area contributed by atoms with Gasteiger partial charge in [-0.05, 0) is 63.9 Å². The van der Waals surface area contributed by atoms with Gasteiger partial charge in [-0.3, -0.25) is 4.79 Å². The zero-order valence-corrected chi connectivity index (χ0v) is 14.5. The number of hydrogen-bond donors (Lipinski definition) is 3. The van der Waals surface area contributed by atoms with Crippen molar-refractivity contribution in [3.8, 4) is 0 Å². The van der Waals surface area contributed by atoms with Crippen molar-refractivity contribution in [2.45, 2.75) is 32.2 Å². The minimum atomic E-state index is 0.0901. The second-order valence-electron chi connectivity index (χ2n) is 7.08. The molecule has 24 heavy (non-hydrogen) atoms. The summed E-state index contributed by atoms with van der Waals surface area (Å²) in [5.41, 5.74) is 8.55. The molecule has 1 fully saturated rings. The Morgan fingerprint density at radius 2 is 2.12 bits per heavy atom. The molecule has 0 saturated heterocycles. The third-order valence-corrected chi connectivity index (χ3v) is 4.95. The van der Waals surface area contributed by atoms with E-state index in [1.165, 1.54) is 0 Å². The van der Waals surface area contributed by atoms with Crippen LogP contribution in [0.4, 0.5) is 5.69 Å². The number of aromatic nitrogens is 2. The fraction of sp³-hybridized carbons (Fsp3) is 0.556. The number of amides is 1. The molecular formula is C18H27N5O. The Balaban J connectivity index is 1.77. The fourth-order valence-electron chi connectivity index (χ4n) is 3.59. The molecule has 130 valence electrons. The summed E-state index contributed by atoms with van der Waals surface area (Å²) in [5.74, 6) is 0.792. The molecule has 1 saturated carbocycles. The molecule has 1 amide bonds. The largest absolute Gasteiger partial charge is 0.346 e. The minimum Gasteiger partial charge on any atom is -0.346 e. The van der Waals surface area contributed by atoms with E-state index in [0.29, 0.717) is 5.92 Å². The summed E-state index contributed by atoms with van der Waals surface area (Å²) < 4.78 is 0. The van der Waals surface area contributed by atoms with Gasteiger partial charge in [-0.1, -0.05) is 0 Å². The summed E-state index contributed by atoms with van der Waals surface area (Å²) in [6.45, 7) is 1.53. The van der Waals surface area contributed by atoms with Crippen molar-refractivity contribution in [2.75, 3.05) is 26.0 Å².